The minimum Gasteiger partial charge on any atom is -0.445 e. The number of rotatable bonds is 10. The van der Waals surface area contributed by atoms with Gasteiger partial charge in [-0.05, 0) is 36.2 Å². The van der Waals surface area contributed by atoms with Gasteiger partial charge in [-0.1, -0.05) is 66.7 Å². The molecule has 1 amide bonds. The molecule has 7 heteroatoms. The Kier molecular flexibility index (Phi) is 7.93. The lowest BCUT2D eigenvalue weighted by atomic mass is 10.2. The molecule has 0 atom stereocenters. The van der Waals surface area contributed by atoms with Crippen molar-refractivity contribution in [3.05, 3.63) is 96.6 Å². The van der Waals surface area contributed by atoms with Crippen LogP contribution in [0.5, 0.6) is 11.5 Å². The van der Waals surface area contributed by atoms with E-state index in [9.17, 15) is 9.36 Å². The summed E-state index contributed by atoms with van der Waals surface area (Å²) in [6.07, 6.45) is 0.00860. The van der Waals surface area contributed by atoms with Crippen molar-refractivity contribution in [1.82, 2.24) is 5.32 Å². The van der Waals surface area contributed by atoms with Gasteiger partial charge in [-0.3, -0.25) is 0 Å². The monoisotopic (exact) mass is 425 g/mol. The van der Waals surface area contributed by atoms with Crippen LogP contribution in [0.25, 0.3) is 0 Å². The van der Waals surface area contributed by atoms with Gasteiger partial charge in [0.05, 0.1) is 6.16 Å². The Morgan fingerprint density at radius 1 is 0.767 bits per heavy atom. The van der Waals surface area contributed by atoms with Crippen LogP contribution in [0.4, 0.5) is 4.79 Å². The highest BCUT2D eigenvalue weighted by atomic mass is 31.2. The van der Waals surface area contributed by atoms with Crippen LogP contribution in [0, 0.1) is 0 Å². The van der Waals surface area contributed by atoms with Crippen LogP contribution in [0.2, 0.25) is 0 Å². The molecule has 3 rings (SSSR count). The summed E-state index contributed by atoms with van der Waals surface area (Å²) < 4.78 is 29.9. The molecule has 30 heavy (non-hydrogen) atoms. The lowest BCUT2D eigenvalue weighted by molar-refractivity contribution is 0.139. The van der Waals surface area contributed by atoms with Crippen LogP contribution >= 0.6 is 7.60 Å². The van der Waals surface area contributed by atoms with Gasteiger partial charge in [-0.2, -0.15) is 0 Å². The second-order valence-corrected chi connectivity index (χ2v) is 8.52. The summed E-state index contributed by atoms with van der Waals surface area (Å²) in [5.41, 5.74) is 0.907. The number of hydrogen-bond donors (Lipinski definition) is 1. The van der Waals surface area contributed by atoms with Crippen LogP contribution in [0.1, 0.15) is 12.0 Å². The third kappa shape index (κ3) is 7.30. The summed E-state index contributed by atoms with van der Waals surface area (Å²) in [6.45, 7) is 0.479. The smallest absolute Gasteiger partial charge is 0.430 e. The maximum Gasteiger partial charge on any atom is 0.430 e. The Labute approximate surface area is 176 Å². The van der Waals surface area contributed by atoms with Crippen molar-refractivity contribution in [2.45, 2.75) is 13.0 Å². The lowest BCUT2D eigenvalue weighted by Gasteiger charge is -2.20. The number of benzene rings is 3. The van der Waals surface area contributed by atoms with Crippen molar-refractivity contribution in [3.63, 3.8) is 0 Å². The molecule has 3 aromatic carbocycles. The Morgan fingerprint density at radius 3 is 1.80 bits per heavy atom. The molecule has 0 bridgehead atoms. The number of carbonyl (C=O) groups excluding carboxylic acids is 1. The average molecular weight is 425 g/mol. The van der Waals surface area contributed by atoms with Gasteiger partial charge in [0, 0.05) is 6.54 Å². The first-order valence-electron chi connectivity index (χ1n) is 9.66. The minimum absolute atomic E-state index is 0.135. The molecule has 3 aromatic rings. The average Bonchev–Trinajstić information content (AvgIpc) is 2.77. The summed E-state index contributed by atoms with van der Waals surface area (Å²) >= 11 is 0. The second-order valence-electron chi connectivity index (χ2n) is 6.49. The summed E-state index contributed by atoms with van der Waals surface area (Å²) in [5, 5.41) is 2.66. The molecule has 0 spiro atoms. The van der Waals surface area contributed by atoms with Gasteiger partial charge in [-0.25, -0.2) is 9.36 Å². The summed E-state index contributed by atoms with van der Waals surface area (Å²) in [6, 6.07) is 27.2. The lowest BCUT2D eigenvalue weighted by Crippen LogP contribution is -2.26. The molecule has 0 saturated heterocycles. The molecule has 0 aliphatic rings. The topological polar surface area (TPSA) is 73.9 Å². The molecule has 0 saturated carbocycles. The molecule has 156 valence electrons. The van der Waals surface area contributed by atoms with E-state index < -0.39 is 13.7 Å². The summed E-state index contributed by atoms with van der Waals surface area (Å²) in [5.74, 6) is 0.930. The van der Waals surface area contributed by atoms with Crippen LogP contribution in [-0.2, 0) is 15.9 Å². The molecule has 6 nitrogen and oxygen atoms in total. The molecule has 1 N–H and O–H groups in total. The highest BCUT2D eigenvalue weighted by Crippen LogP contribution is 2.48. The third-order valence-electron chi connectivity index (χ3n) is 4.07. The number of para-hydroxylation sites is 2. The molecule has 0 heterocycles. The Hall–Kier alpha value is -3.24. The molecule has 0 fully saturated rings. The van der Waals surface area contributed by atoms with Gasteiger partial charge in [0.25, 0.3) is 0 Å². The Morgan fingerprint density at radius 2 is 1.27 bits per heavy atom. The molecule has 0 aliphatic heterocycles. The van der Waals surface area contributed by atoms with Gasteiger partial charge in [0.2, 0.25) is 0 Å². The Balaban J connectivity index is 1.50. The van der Waals surface area contributed by atoms with Crippen molar-refractivity contribution in [1.29, 1.82) is 0 Å². The maximum atomic E-state index is 13.3. The van der Waals surface area contributed by atoms with E-state index in [4.69, 9.17) is 13.8 Å². The van der Waals surface area contributed by atoms with Gasteiger partial charge >= 0.3 is 13.7 Å². The van der Waals surface area contributed by atoms with Crippen molar-refractivity contribution in [2.75, 3.05) is 12.7 Å². The number of amides is 1. The molecule has 0 aromatic heterocycles. The maximum absolute atomic E-state index is 13.3. The third-order valence-corrected chi connectivity index (χ3v) is 5.91. The number of alkyl carbamates (subject to hydrolysis) is 1. The van der Waals surface area contributed by atoms with E-state index >= 15 is 0 Å². The predicted molar refractivity (Wildman–Crippen MR) is 116 cm³/mol. The standard InChI is InChI=1S/C23H24NO5P/c25-23(27-19-20-11-4-1-5-12-20)24-17-10-18-30(26,28-21-13-6-2-7-14-21)29-22-15-8-3-9-16-22/h1-9,11-16H,10,17-19H2,(H,24,25). The first-order chi connectivity index (χ1) is 14.6. The second kappa shape index (κ2) is 11.1. The van der Waals surface area contributed by atoms with E-state index in [1.165, 1.54) is 0 Å². The fraction of sp³-hybridized carbons (Fsp3) is 0.174. The molecule has 0 aliphatic carbocycles. The van der Waals surface area contributed by atoms with E-state index in [2.05, 4.69) is 5.32 Å². The van der Waals surface area contributed by atoms with Crippen LogP contribution < -0.4 is 14.4 Å². The molecular formula is C23H24NO5P. The SMILES string of the molecule is O=C(NCCCP(=O)(Oc1ccccc1)Oc1ccccc1)OCc1ccccc1. The van der Waals surface area contributed by atoms with E-state index in [1.807, 2.05) is 42.5 Å². The largest absolute Gasteiger partial charge is 0.445 e. The quantitative estimate of drug-likeness (QED) is 0.335. The van der Waals surface area contributed by atoms with Crippen molar-refractivity contribution >= 4 is 13.7 Å². The van der Waals surface area contributed by atoms with Gasteiger partial charge < -0.3 is 19.1 Å². The first-order valence-corrected chi connectivity index (χ1v) is 11.4. The minimum atomic E-state index is -3.48. The fourth-order valence-corrected chi connectivity index (χ4v) is 4.28. The fourth-order valence-electron chi connectivity index (χ4n) is 2.63. The van der Waals surface area contributed by atoms with E-state index in [1.54, 1.807) is 48.5 Å². The predicted octanol–water partition coefficient (Wildman–Crippen LogP) is 5.65. The number of ether oxygens (including phenoxy) is 1. The first kappa shape index (κ1) is 21.5. The highest BCUT2D eigenvalue weighted by Gasteiger charge is 2.27. The zero-order chi connectivity index (χ0) is 21.1. The van der Waals surface area contributed by atoms with Crippen LogP contribution in [-0.4, -0.2) is 18.8 Å². The zero-order valence-electron chi connectivity index (χ0n) is 16.5. The van der Waals surface area contributed by atoms with Crippen LogP contribution in [0.3, 0.4) is 0 Å². The van der Waals surface area contributed by atoms with Crippen LogP contribution in [0.15, 0.2) is 91.0 Å². The van der Waals surface area contributed by atoms with E-state index in [0.717, 1.165) is 5.56 Å². The number of nitrogens with one attached hydrogen (secondary N) is 1. The van der Waals surface area contributed by atoms with Gasteiger partial charge in [0.15, 0.2) is 0 Å². The van der Waals surface area contributed by atoms with Crippen molar-refractivity contribution in [2.24, 2.45) is 0 Å². The van der Waals surface area contributed by atoms with Crippen molar-refractivity contribution < 1.29 is 23.1 Å². The summed E-state index contributed by atoms with van der Waals surface area (Å²) in [7, 11) is -3.48. The van der Waals surface area contributed by atoms with Crippen molar-refractivity contribution in [3.8, 4) is 11.5 Å². The molecule has 0 unspecified atom stereocenters. The van der Waals surface area contributed by atoms with Gasteiger partial charge in [-0.15, -0.1) is 0 Å². The molecular weight excluding hydrogens is 401 g/mol. The van der Waals surface area contributed by atoms with E-state index in [-0.39, 0.29) is 19.3 Å². The molecule has 0 radical (unpaired) electrons. The zero-order valence-corrected chi connectivity index (χ0v) is 17.4. The highest BCUT2D eigenvalue weighted by molar-refractivity contribution is 7.54. The number of carbonyl (C=O) groups is 1. The Bertz CT molecular complexity index is 906. The normalized spacial score (nSPS) is 10.8. The summed E-state index contributed by atoms with van der Waals surface area (Å²) in [4.78, 5) is 11.9. The van der Waals surface area contributed by atoms with E-state index in [0.29, 0.717) is 17.9 Å². The number of hydrogen-bond acceptors (Lipinski definition) is 5. The van der Waals surface area contributed by atoms with Gasteiger partial charge in [0.1, 0.15) is 18.1 Å².